The molecule has 10 heavy (non-hydrogen) atoms. The molecule has 0 aromatic heterocycles. The molecule has 2 heteroatoms. The third kappa shape index (κ3) is 5.97. The Morgan fingerprint density at radius 1 is 1.50 bits per heavy atom. The van der Waals surface area contributed by atoms with Gasteiger partial charge in [0.2, 0.25) is 0 Å². The highest BCUT2D eigenvalue weighted by molar-refractivity contribution is 7.44. The van der Waals surface area contributed by atoms with E-state index < -0.39 is 7.80 Å². The summed E-state index contributed by atoms with van der Waals surface area (Å²) in [6.07, 6.45) is 6.84. The summed E-state index contributed by atoms with van der Waals surface area (Å²) in [4.78, 5) is 0. The number of hydrogen-bond donors (Lipinski definition) is 0. The Kier molecular flexibility index (Phi) is 6.84. The van der Waals surface area contributed by atoms with E-state index in [0.717, 1.165) is 12.6 Å². The van der Waals surface area contributed by atoms with Crippen molar-refractivity contribution in [3.63, 3.8) is 0 Å². The van der Waals surface area contributed by atoms with E-state index >= 15 is 0 Å². The van der Waals surface area contributed by atoms with E-state index in [1.165, 1.54) is 12.8 Å². The van der Waals surface area contributed by atoms with Crippen LogP contribution in [0.1, 0.15) is 26.2 Å². The van der Waals surface area contributed by atoms with Crippen LogP contribution < -0.4 is 0 Å². The molecule has 0 saturated heterocycles. The number of allylic oxidation sites excluding steroid dienone is 1. The van der Waals surface area contributed by atoms with Crippen LogP contribution in [0.3, 0.4) is 0 Å². The smallest absolute Gasteiger partial charge is 0.0989 e. The van der Waals surface area contributed by atoms with E-state index in [0.29, 0.717) is 6.16 Å². The lowest BCUT2D eigenvalue weighted by Gasteiger charge is -1.86. The zero-order chi connectivity index (χ0) is 7.82. The molecule has 0 aliphatic heterocycles. The lowest BCUT2D eigenvalue weighted by atomic mass is 10.3. The van der Waals surface area contributed by atoms with Crippen LogP contribution in [-0.4, -0.2) is 12.3 Å². The van der Waals surface area contributed by atoms with Gasteiger partial charge in [-0.25, -0.2) is 0 Å². The minimum absolute atomic E-state index is 0.693. The summed E-state index contributed by atoms with van der Waals surface area (Å²) >= 11 is 0. The molecule has 0 amide bonds. The van der Waals surface area contributed by atoms with E-state index in [9.17, 15) is 4.57 Å². The summed E-state index contributed by atoms with van der Waals surface area (Å²) < 4.78 is 11.0. The van der Waals surface area contributed by atoms with Crippen molar-refractivity contribution in [1.82, 2.24) is 0 Å². The number of rotatable bonds is 6. The van der Waals surface area contributed by atoms with E-state index in [2.05, 4.69) is 13.5 Å². The van der Waals surface area contributed by atoms with Crippen LogP contribution in [0.5, 0.6) is 0 Å². The summed E-state index contributed by atoms with van der Waals surface area (Å²) in [7, 11) is -0.960. The van der Waals surface area contributed by atoms with Crippen molar-refractivity contribution in [2.24, 2.45) is 0 Å². The van der Waals surface area contributed by atoms with Gasteiger partial charge < -0.3 is 0 Å². The minimum atomic E-state index is -0.960. The highest BCUT2D eigenvalue weighted by Crippen LogP contribution is 2.21. The van der Waals surface area contributed by atoms with Crippen molar-refractivity contribution in [3.05, 3.63) is 12.7 Å². The lowest BCUT2D eigenvalue weighted by Crippen LogP contribution is -1.80. The average molecular weight is 159 g/mol. The molecule has 58 valence electrons. The van der Waals surface area contributed by atoms with Crippen LogP contribution in [0.4, 0.5) is 0 Å². The quantitative estimate of drug-likeness (QED) is 0.330. The van der Waals surface area contributed by atoms with Gasteiger partial charge in [0, 0.05) is 0 Å². The van der Waals surface area contributed by atoms with E-state index in [-0.39, 0.29) is 0 Å². The molecule has 1 atom stereocenters. The third-order valence-electron chi connectivity index (χ3n) is 1.34. The van der Waals surface area contributed by atoms with Gasteiger partial charge in [0.1, 0.15) is 6.16 Å². The molecule has 0 radical (unpaired) electrons. The maximum absolute atomic E-state index is 11.0. The first kappa shape index (κ1) is 9.84. The molecular formula is C8H16OP+. The van der Waals surface area contributed by atoms with E-state index in [1.54, 1.807) is 6.08 Å². The van der Waals surface area contributed by atoms with E-state index in [1.807, 2.05) is 0 Å². The Hall–Kier alpha value is -0.160. The Bertz CT molecular complexity index is 110. The van der Waals surface area contributed by atoms with Gasteiger partial charge in [-0.15, -0.1) is 0 Å². The highest BCUT2D eigenvalue weighted by Gasteiger charge is 2.09. The second kappa shape index (κ2) is 6.95. The van der Waals surface area contributed by atoms with Gasteiger partial charge >= 0.3 is 7.80 Å². The van der Waals surface area contributed by atoms with Crippen molar-refractivity contribution >= 4 is 7.80 Å². The zero-order valence-electron chi connectivity index (χ0n) is 6.68. The van der Waals surface area contributed by atoms with Gasteiger partial charge in [-0.3, -0.25) is 0 Å². The van der Waals surface area contributed by atoms with Crippen LogP contribution in [0.25, 0.3) is 0 Å². The summed E-state index contributed by atoms with van der Waals surface area (Å²) in [6, 6.07) is 0. The molecule has 1 nitrogen and oxygen atoms in total. The SMILES string of the molecule is C=CC[P+](=O)CCCCC. The molecule has 0 aromatic carbocycles. The Balaban J connectivity index is 3.13. The second-order valence-corrected chi connectivity index (χ2v) is 4.16. The molecule has 0 aromatic rings. The fourth-order valence-corrected chi connectivity index (χ4v) is 1.82. The molecule has 0 heterocycles. The molecule has 0 N–H and O–H groups in total. The van der Waals surface area contributed by atoms with Crippen molar-refractivity contribution in [2.75, 3.05) is 12.3 Å². The lowest BCUT2D eigenvalue weighted by molar-refractivity contribution is 0.586. The molecule has 0 spiro atoms. The van der Waals surface area contributed by atoms with Crippen molar-refractivity contribution in [3.8, 4) is 0 Å². The molecule has 0 rings (SSSR count). The zero-order valence-corrected chi connectivity index (χ0v) is 7.57. The first-order chi connectivity index (χ1) is 4.81. The highest BCUT2D eigenvalue weighted by atomic mass is 31.1. The first-order valence-electron chi connectivity index (χ1n) is 3.84. The summed E-state index contributed by atoms with van der Waals surface area (Å²) in [6.45, 7) is 5.70. The Morgan fingerprint density at radius 2 is 2.20 bits per heavy atom. The van der Waals surface area contributed by atoms with Crippen molar-refractivity contribution in [2.45, 2.75) is 26.2 Å². The molecule has 0 fully saturated rings. The molecule has 0 aliphatic rings. The monoisotopic (exact) mass is 159 g/mol. The Morgan fingerprint density at radius 3 is 2.70 bits per heavy atom. The predicted molar refractivity (Wildman–Crippen MR) is 47.1 cm³/mol. The third-order valence-corrected chi connectivity index (χ3v) is 2.82. The van der Waals surface area contributed by atoms with Gasteiger partial charge in [0.15, 0.2) is 6.16 Å². The fourth-order valence-electron chi connectivity index (χ4n) is 0.773. The Labute approximate surface area is 64.3 Å². The van der Waals surface area contributed by atoms with Gasteiger partial charge in [-0.2, -0.15) is 0 Å². The molecule has 0 saturated carbocycles. The summed E-state index contributed by atoms with van der Waals surface area (Å²) in [5.74, 6) is 0. The molecular weight excluding hydrogens is 143 g/mol. The molecule has 0 aliphatic carbocycles. The maximum atomic E-state index is 11.0. The summed E-state index contributed by atoms with van der Waals surface area (Å²) in [5.41, 5.74) is 0. The van der Waals surface area contributed by atoms with Gasteiger partial charge in [-0.05, 0) is 18.9 Å². The predicted octanol–water partition coefficient (Wildman–Crippen LogP) is 3.19. The fraction of sp³-hybridized carbons (Fsp3) is 0.750. The average Bonchev–Trinajstić information content (AvgIpc) is 1.89. The minimum Gasteiger partial charge on any atom is -0.0989 e. The van der Waals surface area contributed by atoms with Crippen LogP contribution >= 0.6 is 7.80 Å². The van der Waals surface area contributed by atoms with Gasteiger partial charge in [0.25, 0.3) is 0 Å². The van der Waals surface area contributed by atoms with Gasteiger partial charge in [-0.1, -0.05) is 24.5 Å². The maximum Gasteiger partial charge on any atom is 0.342 e. The van der Waals surface area contributed by atoms with Crippen LogP contribution in [0, 0.1) is 0 Å². The topological polar surface area (TPSA) is 17.1 Å². The van der Waals surface area contributed by atoms with E-state index in [4.69, 9.17) is 0 Å². The van der Waals surface area contributed by atoms with Crippen molar-refractivity contribution < 1.29 is 4.57 Å². The second-order valence-electron chi connectivity index (χ2n) is 2.38. The molecule has 1 unspecified atom stereocenters. The van der Waals surface area contributed by atoms with Crippen LogP contribution in [-0.2, 0) is 4.57 Å². The molecule has 0 bridgehead atoms. The van der Waals surface area contributed by atoms with Gasteiger partial charge in [0.05, 0.1) is 0 Å². The van der Waals surface area contributed by atoms with Crippen molar-refractivity contribution in [1.29, 1.82) is 0 Å². The largest absolute Gasteiger partial charge is 0.342 e. The normalized spacial score (nSPS) is 11.1. The summed E-state index contributed by atoms with van der Waals surface area (Å²) in [5, 5.41) is 0. The standard InChI is InChI=1S/C8H16OP/c1-3-5-6-8-10(9)7-4-2/h4H,2-3,5-8H2,1H3/q+1. The van der Waals surface area contributed by atoms with Crippen LogP contribution in [0.15, 0.2) is 12.7 Å². The first-order valence-corrected chi connectivity index (χ1v) is 5.47. The number of hydrogen-bond acceptors (Lipinski definition) is 1. The van der Waals surface area contributed by atoms with Crippen LogP contribution in [0.2, 0.25) is 0 Å². The number of unbranched alkanes of at least 4 members (excludes halogenated alkanes) is 2.